The molecule has 0 bridgehead atoms. The van der Waals surface area contributed by atoms with Crippen LogP contribution < -0.4 is 4.90 Å². The predicted molar refractivity (Wildman–Crippen MR) is 91.1 cm³/mol. The van der Waals surface area contributed by atoms with Crippen LogP contribution >= 0.6 is 0 Å². The third-order valence-electron chi connectivity index (χ3n) is 4.59. The highest BCUT2D eigenvalue weighted by Gasteiger charge is 2.42. The predicted octanol–water partition coefficient (Wildman–Crippen LogP) is 4.11. The van der Waals surface area contributed by atoms with E-state index >= 15 is 0 Å². The molecule has 3 rings (SSSR count). The highest BCUT2D eigenvalue weighted by molar-refractivity contribution is 5.77. The topological polar surface area (TPSA) is 20.3 Å². The average molecular weight is 291 g/mol. The van der Waals surface area contributed by atoms with Crippen LogP contribution in [0.2, 0.25) is 0 Å². The van der Waals surface area contributed by atoms with Gasteiger partial charge in [0.1, 0.15) is 6.29 Å². The summed E-state index contributed by atoms with van der Waals surface area (Å²) in [5.74, 6) is 0. The van der Waals surface area contributed by atoms with Crippen LogP contribution in [0.1, 0.15) is 25.0 Å². The minimum absolute atomic E-state index is 0.172. The van der Waals surface area contributed by atoms with E-state index in [1.54, 1.807) is 6.08 Å². The molecule has 1 aliphatic rings. The van der Waals surface area contributed by atoms with Gasteiger partial charge in [-0.05, 0) is 43.5 Å². The molecule has 0 amide bonds. The van der Waals surface area contributed by atoms with Gasteiger partial charge in [-0.2, -0.15) is 0 Å². The Kier molecular flexibility index (Phi) is 3.84. The SMILES string of the molecule is CCN1/C(=C\C=O)C(C)(Cc2ccccc2)c2ccccc21. The van der Waals surface area contributed by atoms with Crippen molar-refractivity contribution in [3.63, 3.8) is 0 Å². The van der Waals surface area contributed by atoms with Crippen molar-refractivity contribution in [3.05, 3.63) is 77.5 Å². The first kappa shape index (κ1) is 14.6. The van der Waals surface area contributed by atoms with E-state index in [1.807, 2.05) is 6.07 Å². The molecule has 0 spiro atoms. The van der Waals surface area contributed by atoms with Gasteiger partial charge in [-0.1, -0.05) is 48.5 Å². The van der Waals surface area contributed by atoms with Gasteiger partial charge in [0.15, 0.2) is 0 Å². The molecule has 1 atom stereocenters. The summed E-state index contributed by atoms with van der Waals surface area (Å²) in [6.07, 6.45) is 3.53. The summed E-state index contributed by atoms with van der Waals surface area (Å²) >= 11 is 0. The van der Waals surface area contributed by atoms with Gasteiger partial charge in [-0.3, -0.25) is 4.79 Å². The van der Waals surface area contributed by atoms with E-state index in [4.69, 9.17) is 0 Å². The first-order valence-corrected chi connectivity index (χ1v) is 7.77. The number of para-hydroxylation sites is 1. The lowest BCUT2D eigenvalue weighted by molar-refractivity contribution is -0.104. The summed E-state index contributed by atoms with van der Waals surface area (Å²) in [5, 5.41) is 0. The van der Waals surface area contributed by atoms with Crippen LogP contribution in [0.15, 0.2) is 66.4 Å². The van der Waals surface area contributed by atoms with Crippen molar-refractivity contribution >= 4 is 12.0 Å². The number of allylic oxidation sites excluding steroid dienone is 2. The number of likely N-dealkylation sites (N-methyl/N-ethyl adjacent to an activating group) is 1. The van der Waals surface area contributed by atoms with E-state index in [0.29, 0.717) is 0 Å². The molecular formula is C20H21NO. The highest BCUT2D eigenvalue weighted by atomic mass is 16.1. The lowest BCUT2D eigenvalue weighted by Gasteiger charge is -2.29. The second-order valence-corrected chi connectivity index (χ2v) is 5.94. The lowest BCUT2D eigenvalue weighted by atomic mass is 9.76. The lowest BCUT2D eigenvalue weighted by Crippen LogP contribution is -2.30. The van der Waals surface area contributed by atoms with Gasteiger partial charge in [0.25, 0.3) is 0 Å². The van der Waals surface area contributed by atoms with Crippen LogP contribution in [-0.4, -0.2) is 12.8 Å². The molecule has 2 nitrogen and oxygen atoms in total. The molecular weight excluding hydrogens is 270 g/mol. The van der Waals surface area contributed by atoms with Gasteiger partial charge in [0, 0.05) is 23.3 Å². The van der Waals surface area contributed by atoms with E-state index in [9.17, 15) is 4.79 Å². The van der Waals surface area contributed by atoms with Crippen molar-refractivity contribution in [2.75, 3.05) is 11.4 Å². The Hall–Kier alpha value is -2.35. The minimum atomic E-state index is -0.172. The highest BCUT2D eigenvalue weighted by Crippen LogP contribution is 2.49. The molecule has 2 heteroatoms. The molecule has 0 radical (unpaired) electrons. The maximum Gasteiger partial charge on any atom is 0.144 e. The normalized spacial score (nSPS) is 21.9. The second-order valence-electron chi connectivity index (χ2n) is 5.94. The van der Waals surface area contributed by atoms with Crippen molar-refractivity contribution in [2.24, 2.45) is 0 Å². The number of fused-ring (bicyclic) bond motifs is 1. The monoisotopic (exact) mass is 291 g/mol. The number of anilines is 1. The summed E-state index contributed by atoms with van der Waals surface area (Å²) in [6, 6.07) is 19.0. The van der Waals surface area contributed by atoms with E-state index in [-0.39, 0.29) is 5.41 Å². The molecule has 0 fully saturated rings. The van der Waals surface area contributed by atoms with Gasteiger partial charge < -0.3 is 4.90 Å². The Morgan fingerprint density at radius 3 is 2.41 bits per heavy atom. The standard InChI is InChI=1S/C20H21NO/c1-3-21-18-12-8-7-11-17(18)20(2,19(21)13-14-22)15-16-9-5-4-6-10-16/h4-14H,3,15H2,1-2H3/b19-13-. The summed E-state index contributed by atoms with van der Waals surface area (Å²) < 4.78 is 0. The number of hydrogen-bond donors (Lipinski definition) is 0. The molecule has 2 aromatic carbocycles. The maximum absolute atomic E-state index is 11.2. The molecule has 22 heavy (non-hydrogen) atoms. The molecule has 0 saturated heterocycles. The van der Waals surface area contributed by atoms with Crippen molar-refractivity contribution in [1.82, 2.24) is 0 Å². The Balaban J connectivity index is 2.14. The summed E-state index contributed by atoms with van der Waals surface area (Å²) in [5.41, 5.74) is 4.73. The van der Waals surface area contributed by atoms with E-state index in [2.05, 4.69) is 67.3 Å². The van der Waals surface area contributed by atoms with Crippen LogP contribution in [0.25, 0.3) is 0 Å². The van der Waals surface area contributed by atoms with Gasteiger partial charge in [0.2, 0.25) is 0 Å². The molecule has 1 heterocycles. The van der Waals surface area contributed by atoms with Gasteiger partial charge >= 0.3 is 0 Å². The van der Waals surface area contributed by atoms with Crippen LogP contribution in [0.4, 0.5) is 5.69 Å². The first-order chi connectivity index (χ1) is 10.7. The van der Waals surface area contributed by atoms with E-state index in [0.717, 1.165) is 24.9 Å². The third kappa shape index (κ3) is 2.25. The number of aldehydes is 1. The zero-order chi connectivity index (χ0) is 15.6. The first-order valence-electron chi connectivity index (χ1n) is 7.77. The molecule has 0 aliphatic carbocycles. The van der Waals surface area contributed by atoms with Crippen molar-refractivity contribution in [3.8, 4) is 0 Å². The molecule has 112 valence electrons. The average Bonchev–Trinajstić information content (AvgIpc) is 2.78. The van der Waals surface area contributed by atoms with E-state index < -0.39 is 0 Å². The fraction of sp³-hybridized carbons (Fsp3) is 0.250. The Morgan fingerprint density at radius 2 is 1.73 bits per heavy atom. The number of rotatable bonds is 4. The van der Waals surface area contributed by atoms with Gasteiger partial charge in [0.05, 0.1) is 0 Å². The number of nitrogens with zero attached hydrogens (tertiary/aromatic N) is 1. The number of carbonyl (C=O) groups is 1. The molecule has 2 aromatic rings. The van der Waals surface area contributed by atoms with Gasteiger partial charge in [-0.15, -0.1) is 0 Å². The Morgan fingerprint density at radius 1 is 1.05 bits per heavy atom. The van der Waals surface area contributed by atoms with E-state index in [1.165, 1.54) is 16.8 Å². The quantitative estimate of drug-likeness (QED) is 0.624. The number of carbonyl (C=O) groups excluding carboxylic acids is 1. The van der Waals surface area contributed by atoms with Crippen molar-refractivity contribution in [2.45, 2.75) is 25.7 Å². The summed E-state index contributed by atoms with van der Waals surface area (Å²) in [7, 11) is 0. The Labute approximate surface area is 132 Å². The fourth-order valence-corrected chi connectivity index (χ4v) is 3.61. The van der Waals surface area contributed by atoms with Gasteiger partial charge in [-0.25, -0.2) is 0 Å². The molecule has 0 saturated carbocycles. The smallest absolute Gasteiger partial charge is 0.144 e. The molecule has 1 unspecified atom stereocenters. The summed E-state index contributed by atoms with van der Waals surface area (Å²) in [4.78, 5) is 13.5. The zero-order valence-electron chi connectivity index (χ0n) is 13.1. The van der Waals surface area contributed by atoms with Crippen LogP contribution in [0, 0.1) is 0 Å². The third-order valence-corrected chi connectivity index (χ3v) is 4.59. The second kappa shape index (κ2) is 5.80. The minimum Gasteiger partial charge on any atom is -0.344 e. The van der Waals surface area contributed by atoms with Crippen molar-refractivity contribution < 1.29 is 4.79 Å². The molecule has 0 aromatic heterocycles. The van der Waals surface area contributed by atoms with Crippen molar-refractivity contribution in [1.29, 1.82) is 0 Å². The summed E-state index contributed by atoms with van der Waals surface area (Å²) in [6.45, 7) is 5.23. The largest absolute Gasteiger partial charge is 0.344 e. The molecule has 0 N–H and O–H groups in total. The van der Waals surface area contributed by atoms with Crippen LogP contribution in [0.3, 0.4) is 0 Å². The fourth-order valence-electron chi connectivity index (χ4n) is 3.61. The van der Waals surface area contributed by atoms with Crippen LogP contribution in [0.5, 0.6) is 0 Å². The number of benzene rings is 2. The Bertz CT molecular complexity index is 705. The maximum atomic E-state index is 11.2. The van der Waals surface area contributed by atoms with Crippen LogP contribution in [-0.2, 0) is 16.6 Å². The molecule has 1 aliphatic heterocycles. The number of hydrogen-bond acceptors (Lipinski definition) is 2. The zero-order valence-corrected chi connectivity index (χ0v) is 13.1.